The Bertz CT molecular complexity index is 1370. The van der Waals surface area contributed by atoms with Gasteiger partial charge >= 0.3 is 0 Å². The molecular weight excluding hydrogens is 542 g/mol. The third-order valence-electron chi connectivity index (χ3n) is 8.14. The Morgan fingerprint density at radius 1 is 1.02 bits per heavy atom. The molecule has 1 aliphatic carbocycles. The van der Waals surface area contributed by atoms with Crippen molar-refractivity contribution in [2.24, 2.45) is 5.41 Å². The van der Waals surface area contributed by atoms with Crippen molar-refractivity contribution in [3.05, 3.63) is 35.5 Å². The van der Waals surface area contributed by atoms with Crippen LogP contribution in [0.4, 0.5) is 26.2 Å². The van der Waals surface area contributed by atoms with Crippen LogP contribution in [0.2, 0.25) is 0 Å². The summed E-state index contributed by atoms with van der Waals surface area (Å²) < 4.78 is 55.7. The van der Waals surface area contributed by atoms with Crippen LogP contribution in [0.15, 0.2) is 29.2 Å². The first-order chi connectivity index (χ1) is 18.9. The van der Waals surface area contributed by atoms with Crippen LogP contribution in [-0.2, 0) is 10.0 Å². The van der Waals surface area contributed by atoms with Gasteiger partial charge in [-0.15, -0.1) is 0 Å². The smallest absolute Gasteiger partial charge is 0.258 e. The predicted molar refractivity (Wildman–Crippen MR) is 148 cm³/mol. The summed E-state index contributed by atoms with van der Waals surface area (Å²) in [5.41, 5.74) is 1.77. The molecule has 1 atom stereocenters. The number of nitrogens with zero attached hydrogens (tertiary/aromatic N) is 4. The molecule has 2 aromatic rings. The van der Waals surface area contributed by atoms with Gasteiger partial charge in [-0.3, -0.25) is 4.79 Å². The molecule has 2 saturated heterocycles. The van der Waals surface area contributed by atoms with Gasteiger partial charge in [0.15, 0.2) is 0 Å². The van der Waals surface area contributed by atoms with Crippen molar-refractivity contribution >= 4 is 33.4 Å². The van der Waals surface area contributed by atoms with Gasteiger partial charge < -0.3 is 20.2 Å². The highest BCUT2D eigenvalue weighted by atomic mass is 32.2. The molecule has 1 spiro atoms. The van der Waals surface area contributed by atoms with Gasteiger partial charge in [-0.25, -0.2) is 26.9 Å². The highest BCUT2D eigenvalue weighted by Gasteiger charge is 2.44. The van der Waals surface area contributed by atoms with Crippen molar-refractivity contribution in [2.45, 2.75) is 69.2 Å². The number of alkyl halides is 2. The number of hydrogen-bond acceptors (Lipinski definition) is 8. The van der Waals surface area contributed by atoms with Gasteiger partial charge in [0, 0.05) is 56.8 Å². The molecule has 13 heteroatoms. The van der Waals surface area contributed by atoms with Crippen molar-refractivity contribution < 1.29 is 27.1 Å². The lowest BCUT2D eigenvalue weighted by Crippen LogP contribution is -2.40. The zero-order valence-electron chi connectivity index (χ0n) is 22.8. The molecule has 10 nitrogen and oxygen atoms in total. The average Bonchev–Trinajstić information content (AvgIpc) is 3.66. The Morgan fingerprint density at radius 2 is 1.68 bits per heavy atom. The second kappa shape index (κ2) is 10.8. The fraction of sp³-hybridized carbons (Fsp3) is 0.593. The second-order valence-electron chi connectivity index (χ2n) is 11.4. The van der Waals surface area contributed by atoms with E-state index in [1.807, 2.05) is 0 Å². The number of carbonyl (C=O) groups is 1. The molecule has 218 valence electrons. The van der Waals surface area contributed by atoms with Gasteiger partial charge in [0.05, 0.1) is 22.8 Å². The number of anilines is 3. The molecule has 1 saturated carbocycles. The molecule has 3 heterocycles. The first kappa shape index (κ1) is 28.6. The number of halogens is 2. The van der Waals surface area contributed by atoms with E-state index in [1.165, 1.54) is 31.0 Å². The zero-order chi connectivity index (χ0) is 28.7. The van der Waals surface area contributed by atoms with E-state index in [2.05, 4.69) is 24.9 Å². The Hall–Kier alpha value is -2.90. The van der Waals surface area contributed by atoms with E-state index in [0.717, 1.165) is 12.8 Å². The molecule has 1 amide bonds. The van der Waals surface area contributed by atoms with Crippen molar-refractivity contribution in [2.75, 3.05) is 47.9 Å². The van der Waals surface area contributed by atoms with Crippen LogP contribution in [0.25, 0.3) is 0 Å². The van der Waals surface area contributed by atoms with Crippen LogP contribution >= 0.6 is 0 Å². The minimum Gasteiger partial charge on any atom is -0.395 e. The average molecular weight is 579 g/mol. The Balaban J connectivity index is 1.41. The van der Waals surface area contributed by atoms with E-state index in [0.29, 0.717) is 35.4 Å². The summed E-state index contributed by atoms with van der Waals surface area (Å²) in [6.07, 6.45) is 3.80. The quantitative estimate of drug-likeness (QED) is 0.436. The maximum Gasteiger partial charge on any atom is 0.258 e. The number of aliphatic hydroxyl groups excluding tert-OH is 1. The lowest BCUT2D eigenvalue weighted by atomic mass is 9.93. The van der Waals surface area contributed by atoms with Crippen LogP contribution in [0.3, 0.4) is 0 Å². The summed E-state index contributed by atoms with van der Waals surface area (Å²) in [6, 6.07) is 5.32. The van der Waals surface area contributed by atoms with Gasteiger partial charge in [0.25, 0.3) is 11.8 Å². The van der Waals surface area contributed by atoms with Gasteiger partial charge in [0.2, 0.25) is 16.0 Å². The highest BCUT2D eigenvalue weighted by Crippen LogP contribution is 2.54. The van der Waals surface area contributed by atoms with Crippen LogP contribution in [0.1, 0.15) is 61.5 Å². The topological polar surface area (TPSA) is 128 Å². The molecule has 1 aromatic carbocycles. The SMILES string of the molecule is Cc1cc(NC(=O)c2ccc(S(=O)(=O)N[C@@H](C)CO)cc2N2CCC3(CC2)CC3)nc(N2CCC(F)(F)CC2)n1. The standard InChI is InChI=1S/C27H36F2N6O4S/c1-18-15-23(32-25(30-18)35-13-9-27(28,29)10-14-35)31-24(37)21-4-3-20(40(38,39)33-19(2)17-36)16-22(21)34-11-7-26(5-6-26)8-12-34/h3-4,15-16,19,33,36H,5-14,17H2,1-2H3,(H,30,31,32,37)/t19-/m0/s1. The van der Waals surface area contributed by atoms with Crippen LogP contribution < -0.4 is 19.8 Å². The van der Waals surface area contributed by atoms with Crippen LogP contribution in [0.5, 0.6) is 0 Å². The molecular formula is C27H36F2N6O4S. The largest absolute Gasteiger partial charge is 0.395 e. The van der Waals surface area contributed by atoms with E-state index in [9.17, 15) is 27.1 Å². The molecule has 2 aliphatic heterocycles. The summed E-state index contributed by atoms with van der Waals surface area (Å²) in [5.74, 6) is -2.65. The molecule has 3 fully saturated rings. The highest BCUT2D eigenvalue weighted by molar-refractivity contribution is 7.89. The molecule has 5 rings (SSSR count). The van der Waals surface area contributed by atoms with E-state index in [4.69, 9.17) is 0 Å². The van der Waals surface area contributed by atoms with Crippen LogP contribution in [0, 0.1) is 12.3 Å². The normalized spacial score (nSPS) is 20.8. The van der Waals surface area contributed by atoms with Crippen LogP contribution in [-0.4, -0.2) is 74.1 Å². The fourth-order valence-electron chi connectivity index (χ4n) is 5.38. The summed E-state index contributed by atoms with van der Waals surface area (Å²) in [7, 11) is -3.92. The molecule has 3 aliphatic rings. The molecule has 40 heavy (non-hydrogen) atoms. The van der Waals surface area contributed by atoms with Gasteiger partial charge in [-0.05, 0) is 63.1 Å². The minimum atomic E-state index is -3.92. The number of aryl methyl sites for hydroxylation is 1. The van der Waals surface area contributed by atoms with E-state index < -0.39 is 27.9 Å². The number of amides is 1. The maximum atomic E-state index is 13.7. The summed E-state index contributed by atoms with van der Waals surface area (Å²) in [5, 5.41) is 12.1. The van der Waals surface area contributed by atoms with Gasteiger partial charge in [-0.2, -0.15) is 4.98 Å². The summed E-state index contributed by atoms with van der Waals surface area (Å²) in [4.78, 5) is 26.1. The Labute approximate surface area is 233 Å². The van der Waals surface area contributed by atoms with Crippen molar-refractivity contribution in [1.82, 2.24) is 14.7 Å². The molecule has 0 bridgehead atoms. The molecule has 3 N–H and O–H groups in total. The predicted octanol–water partition coefficient (Wildman–Crippen LogP) is 3.31. The second-order valence-corrected chi connectivity index (χ2v) is 13.1. The Morgan fingerprint density at radius 3 is 2.30 bits per heavy atom. The van der Waals surface area contributed by atoms with Crippen molar-refractivity contribution in [1.29, 1.82) is 0 Å². The fourth-order valence-corrected chi connectivity index (χ4v) is 6.63. The lowest BCUT2D eigenvalue weighted by molar-refractivity contribution is -0.0222. The third-order valence-corrected chi connectivity index (χ3v) is 9.73. The monoisotopic (exact) mass is 578 g/mol. The number of rotatable bonds is 8. The number of aromatic nitrogens is 2. The van der Waals surface area contributed by atoms with Crippen molar-refractivity contribution in [3.63, 3.8) is 0 Å². The number of nitrogens with one attached hydrogen (secondary N) is 2. The number of sulfonamides is 1. The number of piperidine rings is 2. The number of hydrogen-bond donors (Lipinski definition) is 3. The first-order valence-corrected chi connectivity index (χ1v) is 15.2. The molecule has 1 aromatic heterocycles. The van der Waals surface area contributed by atoms with E-state index >= 15 is 0 Å². The lowest BCUT2D eigenvalue weighted by Gasteiger charge is -2.35. The zero-order valence-corrected chi connectivity index (χ0v) is 23.6. The van der Waals surface area contributed by atoms with E-state index in [-0.39, 0.29) is 49.2 Å². The first-order valence-electron chi connectivity index (χ1n) is 13.7. The summed E-state index contributed by atoms with van der Waals surface area (Å²) in [6.45, 7) is 4.61. The third kappa shape index (κ3) is 6.36. The Kier molecular flexibility index (Phi) is 7.75. The summed E-state index contributed by atoms with van der Waals surface area (Å²) >= 11 is 0. The van der Waals surface area contributed by atoms with E-state index in [1.54, 1.807) is 24.8 Å². The molecule has 0 unspecified atom stereocenters. The minimum absolute atomic E-state index is 0.00752. The number of aliphatic hydroxyl groups is 1. The maximum absolute atomic E-state index is 13.7. The number of benzene rings is 1. The molecule has 0 radical (unpaired) electrons. The number of carbonyl (C=O) groups excluding carboxylic acids is 1. The van der Waals surface area contributed by atoms with Gasteiger partial charge in [0.1, 0.15) is 5.82 Å². The van der Waals surface area contributed by atoms with Crippen molar-refractivity contribution in [3.8, 4) is 0 Å². The van der Waals surface area contributed by atoms with Gasteiger partial charge in [-0.1, -0.05) is 0 Å².